The van der Waals surface area contributed by atoms with Gasteiger partial charge in [-0.3, -0.25) is 0 Å². The van der Waals surface area contributed by atoms with Crippen LogP contribution in [0.1, 0.15) is 37.5 Å². The molecule has 0 saturated heterocycles. The second-order valence-electron chi connectivity index (χ2n) is 6.78. The summed E-state index contributed by atoms with van der Waals surface area (Å²) in [5.41, 5.74) is 6.89. The van der Waals surface area contributed by atoms with Gasteiger partial charge in [-0.1, -0.05) is 57.2 Å². The third-order valence-corrected chi connectivity index (χ3v) is 4.14. The zero-order chi connectivity index (χ0) is 14.9. The Labute approximate surface area is 127 Å². The number of rotatable bonds is 3. The molecule has 2 aromatic rings. The van der Waals surface area contributed by atoms with Crippen LogP contribution in [0.2, 0.25) is 0 Å². The topological polar surface area (TPSA) is 24.1 Å². The van der Waals surface area contributed by atoms with Crippen molar-refractivity contribution in [1.29, 1.82) is 0 Å². The van der Waals surface area contributed by atoms with Crippen LogP contribution in [-0.4, -0.2) is 6.54 Å². The lowest BCUT2D eigenvalue weighted by Crippen LogP contribution is -2.15. The van der Waals surface area contributed by atoms with Crippen molar-refractivity contribution in [2.45, 2.75) is 39.2 Å². The smallest absolute Gasteiger partial charge is 0.0424 e. The van der Waals surface area contributed by atoms with Crippen molar-refractivity contribution >= 4 is 11.4 Å². The molecule has 0 aliphatic carbocycles. The van der Waals surface area contributed by atoms with E-state index in [0.717, 1.165) is 19.5 Å². The first-order chi connectivity index (χ1) is 10.1. The highest BCUT2D eigenvalue weighted by atomic mass is 14.9. The predicted molar refractivity (Wildman–Crippen MR) is 91.1 cm³/mol. The molecule has 1 aliphatic heterocycles. The van der Waals surface area contributed by atoms with Crippen molar-refractivity contribution in [3.05, 3.63) is 59.2 Å². The van der Waals surface area contributed by atoms with E-state index in [-0.39, 0.29) is 5.41 Å². The Hall–Kier alpha value is -1.96. The normalized spacial score (nSPS) is 13.7. The minimum absolute atomic E-state index is 0.153. The van der Waals surface area contributed by atoms with E-state index in [2.05, 4.69) is 73.9 Å². The third-order valence-electron chi connectivity index (χ3n) is 4.14. The molecule has 2 heteroatoms. The number of hydrogen-bond acceptors (Lipinski definition) is 2. The Morgan fingerprint density at radius 3 is 2.67 bits per heavy atom. The van der Waals surface area contributed by atoms with E-state index >= 15 is 0 Å². The van der Waals surface area contributed by atoms with Gasteiger partial charge in [0.15, 0.2) is 0 Å². The summed E-state index contributed by atoms with van der Waals surface area (Å²) in [7, 11) is 0. The molecule has 0 saturated carbocycles. The first-order valence-electron chi connectivity index (χ1n) is 7.74. The molecule has 3 rings (SSSR count). The highest BCUT2D eigenvalue weighted by molar-refractivity contribution is 5.63. The Morgan fingerprint density at radius 1 is 1.05 bits per heavy atom. The minimum Gasteiger partial charge on any atom is -0.384 e. The average Bonchev–Trinajstić information content (AvgIpc) is 2.93. The molecule has 0 amide bonds. The van der Waals surface area contributed by atoms with Gasteiger partial charge in [-0.25, -0.2) is 0 Å². The Morgan fingerprint density at radius 2 is 1.86 bits per heavy atom. The average molecular weight is 280 g/mol. The van der Waals surface area contributed by atoms with Crippen LogP contribution in [0.15, 0.2) is 42.5 Å². The van der Waals surface area contributed by atoms with Gasteiger partial charge in [-0.15, -0.1) is 0 Å². The van der Waals surface area contributed by atoms with E-state index in [1.165, 1.54) is 28.1 Å². The van der Waals surface area contributed by atoms with Gasteiger partial charge in [0.25, 0.3) is 0 Å². The minimum atomic E-state index is 0.153. The maximum absolute atomic E-state index is 3.63. The van der Waals surface area contributed by atoms with Crippen LogP contribution < -0.4 is 10.6 Å². The van der Waals surface area contributed by atoms with E-state index in [9.17, 15) is 0 Å². The maximum atomic E-state index is 3.63. The van der Waals surface area contributed by atoms with Crippen molar-refractivity contribution < 1.29 is 0 Å². The fourth-order valence-electron chi connectivity index (χ4n) is 3.04. The number of hydrogen-bond donors (Lipinski definition) is 2. The molecule has 0 unspecified atom stereocenters. The molecule has 21 heavy (non-hydrogen) atoms. The summed E-state index contributed by atoms with van der Waals surface area (Å²) in [6.45, 7) is 8.70. The molecule has 0 aromatic heterocycles. The second kappa shape index (κ2) is 5.44. The van der Waals surface area contributed by atoms with Crippen LogP contribution in [0.4, 0.5) is 11.4 Å². The molecule has 1 heterocycles. The summed E-state index contributed by atoms with van der Waals surface area (Å²) in [4.78, 5) is 0. The standard InChI is InChI=1S/C19H24N2/c1-19(2,3)16-9-4-5-10-17(16)21-13-15-8-6-7-14-11-12-20-18(14)15/h4-10,20-21H,11-13H2,1-3H3. The van der Waals surface area contributed by atoms with E-state index in [4.69, 9.17) is 0 Å². The van der Waals surface area contributed by atoms with Crippen LogP contribution in [0.5, 0.6) is 0 Å². The molecular weight excluding hydrogens is 256 g/mol. The van der Waals surface area contributed by atoms with Gasteiger partial charge in [0.1, 0.15) is 0 Å². The van der Waals surface area contributed by atoms with Gasteiger partial charge in [0.05, 0.1) is 0 Å². The number of fused-ring (bicyclic) bond motifs is 1. The summed E-state index contributed by atoms with van der Waals surface area (Å²) in [5, 5.41) is 7.14. The molecule has 110 valence electrons. The highest BCUT2D eigenvalue weighted by Crippen LogP contribution is 2.31. The lowest BCUT2D eigenvalue weighted by atomic mass is 9.86. The third kappa shape index (κ3) is 2.90. The molecule has 1 aliphatic rings. The first-order valence-corrected chi connectivity index (χ1v) is 7.74. The zero-order valence-electron chi connectivity index (χ0n) is 13.2. The Balaban J connectivity index is 1.82. The van der Waals surface area contributed by atoms with Crippen LogP contribution in [0, 0.1) is 0 Å². The van der Waals surface area contributed by atoms with Crippen molar-refractivity contribution in [3.8, 4) is 0 Å². The molecule has 2 N–H and O–H groups in total. The number of nitrogens with one attached hydrogen (secondary N) is 2. The predicted octanol–water partition coefficient (Wildman–Crippen LogP) is 4.56. The maximum Gasteiger partial charge on any atom is 0.0424 e. The number of anilines is 2. The highest BCUT2D eigenvalue weighted by Gasteiger charge is 2.18. The Bertz CT molecular complexity index is 638. The van der Waals surface area contributed by atoms with Gasteiger partial charge >= 0.3 is 0 Å². The van der Waals surface area contributed by atoms with Gasteiger partial charge in [-0.2, -0.15) is 0 Å². The van der Waals surface area contributed by atoms with Crippen molar-refractivity contribution in [3.63, 3.8) is 0 Å². The fourth-order valence-corrected chi connectivity index (χ4v) is 3.04. The number of para-hydroxylation sites is 2. The van der Waals surface area contributed by atoms with Crippen LogP contribution in [-0.2, 0) is 18.4 Å². The zero-order valence-corrected chi connectivity index (χ0v) is 13.2. The summed E-state index contributed by atoms with van der Waals surface area (Å²) in [5.74, 6) is 0. The summed E-state index contributed by atoms with van der Waals surface area (Å²) < 4.78 is 0. The van der Waals surface area contributed by atoms with Crippen LogP contribution in [0.3, 0.4) is 0 Å². The summed E-state index contributed by atoms with van der Waals surface area (Å²) in [6.07, 6.45) is 1.14. The van der Waals surface area contributed by atoms with Crippen molar-refractivity contribution in [1.82, 2.24) is 0 Å². The van der Waals surface area contributed by atoms with Crippen LogP contribution in [0.25, 0.3) is 0 Å². The summed E-state index contributed by atoms with van der Waals surface area (Å²) >= 11 is 0. The largest absolute Gasteiger partial charge is 0.384 e. The fraction of sp³-hybridized carbons (Fsp3) is 0.368. The van der Waals surface area contributed by atoms with Gasteiger partial charge in [-0.05, 0) is 34.6 Å². The first kappa shape index (κ1) is 14.0. The summed E-state index contributed by atoms with van der Waals surface area (Å²) in [6, 6.07) is 15.2. The molecule has 0 spiro atoms. The second-order valence-corrected chi connectivity index (χ2v) is 6.78. The van der Waals surface area contributed by atoms with E-state index in [0.29, 0.717) is 0 Å². The van der Waals surface area contributed by atoms with Crippen LogP contribution >= 0.6 is 0 Å². The molecule has 0 radical (unpaired) electrons. The Kier molecular flexibility index (Phi) is 3.62. The van der Waals surface area contributed by atoms with Gasteiger partial charge in [0, 0.05) is 24.5 Å². The number of benzene rings is 2. The molecule has 0 fully saturated rings. The van der Waals surface area contributed by atoms with E-state index in [1.807, 2.05) is 0 Å². The van der Waals surface area contributed by atoms with E-state index < -0.39 is 0 Å². The molecular formula is C19H24N2. The van der Waals surface area contributed by atoms with Crippen molar-refractivity contribution in [2.75, 3.05) is 17.2 Å². The molecule has 2 aromatic carbocycles. The monoisotopic (exact) mass is 280 g/mol. The molecule has 0 bridgehead atoms. The van der Waals surface area contributed by atoms with Gasteiger partial charge in [0.2, 0.25) is 0 Å². The van der Waals surface area contributed by atoms with E-state index in [1.54, 1.807) is 0 Å². The molecule has 0 atom stereocenters. The van der Waals surface area contributed by atoms with Gasteiger partial charge < -0.3 is 10.6 Å². The quantitative estimate of drug-likeness (QED) is 0.861. The lowest BCUT2D eigenvalue weighted by Gasteiger charge is -2.23. The SMILES string of the molecule is CC(C)(C)c1ccccc1NCc1cccc2c1NCC2. The molecule has 2 nitrogen and oxygen atoms in total. The van der Waals surface area contributed by atoms with Crippen molar-refractivity contribution in [2.24, 2.45) is 0 Å². The lowest BCUT2D eigenvalue weighted by molar-refractivity contribution is 0.591.